The molecule has 54 heavy (non-hydrogen) atoms. The van der Waals surface area contributed by atoms with Crippen LogP contribution in [0.2, 0.25) is 0 Å². The van der Waals surface area contributed by atoms with Gasteiger partial charge in [0, 0.05) is 36.9 Å². The molecule has 1 heterocycles. The minimum atomic E-state index is -1.17. The van der Waals surface area contributed by atoms with E-state index >= 15 is 0 Å². The van der Waals surface area contributed by atoms with Gasteiger partial charge in [0.1, 0.15) is 6.10 Å². The van der Waals surface area contributed by atoms with Gasteiger partial charge in [-0.05, 0) is 125 Å². The van der Waals surface area contributed by atoms with Gasteiger partial charge in [-0.3, -0.25) is 19.3 Å². The van der Waals surface area contributed by atoms with E-state index in [2.05, 4.69) is 58.7 Å². The number of nitrogens with one attached hydrogen (secondary N) is 1. The Morgan fingerprint density at radius 1 is 1.02 bits per heavy atom. The zero-order valence-electron chi connectivity index (χ0n) is 35.5. The Morgan fingerprint density at radius 3 is 2.37 bits per heavy atom. The molecule has 0 bridgehead atoms. The molecule has 0 aromatic heterocycles. The fraction of sp³-hybridized carbons (Fsp3) is 0.889. The lowest BCUT2D eigenvalue weighted by molar-refractivity contribution is -0.174. The van der Waals surface area contributed by atoms with Gasteiger partial charge in [0.15, 0.2) is 5.78 Å². The number of Topliss-reactive ketones (excluding diaryl/α,β-unsaturated/α-hetero) is 1. The summed E-state index contributed by atoms with van der Waals surface area (Å²) in [5.41, 5.74) is 0.558. The first kappa shape index (κ1) is 43.3. The zero-order chi connectivity index (χ0) is 39.7. The van der Waals surface area contributed by atoms with E-state index in [4.69, 9.17) is 9.47 Å². The second-order valence-corrected chi connectivity index (χ2v) is 20.2. The lowest BCUT2D eigenvalue weighted by Gasteiger charge is -2.67. The monoisotopic (exact) mass is 757 g/mol. The fourth-order valence-electron chi connectivity index (χ4n) is 12.1. The molecular weight excluding hydrogens is 681 g/mol. The van der Waals surface area contributed by atoms with E-state index in [0.717, 1.165) is 116 Å². The predicted octanol–water partition coefficient (Wildman–Crippen LogP) is 7.83. The summed E-state index contributed by atoms with van der Waals surface area (Å²) in [6.45, 7) is 25.3. The Balaban J connectivity index is 1.32. The van der Waals surface area contributed by atoms with Crippen molar-refractivity contribution < 1.29 is 34.1 Å². The van der Waals surface area contributed by atoms with E-state index < -0.39 is 28.9 Å². The largest absolute Gasteiger partial charge is 0.481 e. The number of fused-ring (bicyclic) bond motifs is 5. The van der Waals surface area contributed by atoms with Crippen molar-refractivity contribution in [2.75, 3.05) is 45.9 Å². The van der Waals surface area contributed by atoms with Crippen molar-refractivity contribution in [2.24, 2.45) is 50.7 Å². The Bertz CT molecular complexity index is 1380. The third-order valence-corrected chi connectivity index (χ3v) is 16.0. The highest BCUT2D eigenvalue weighted by atomic mass is 16.5. The summed E-state index contributed by atoms with van der Waals surface area (Å²) in [6.07, 6.45) is 10.5. The summed E-state index contributed by atoms with van der Waals surface area (Å²) in [5, 5.41) is 25.4. The molecule has 0 spiro atoms. The van der Waals surface area contributed by atoms with Crippen molar-refractivity contribution in [3.05, 3.63) is 11.1 Å². The van der Waals surface area contributed by atoms with Crippen LogP contribution in [0.25, 0.3) is 0 Å². The molecule has 0 radical (unpaired) electrons. The lowest BCUT2D eigenvalue weighted by Crippen LogP contribution is -2.60. The van der Waals surface area contributed by atoms with E-state index in [0.29, 0.717) is 24.8 Å². The predicted molar refractivity (Wildman–Crippen MR) is 213 cm³/mol. The second-order valence-electron chi connectivity index (χ2n) is 20.2. The molecule has 0 aromatic carbocycles. The van der Waals surface area contributed by atoms with Gasteiger partial charge in [-0.25, -0.2) is 0 Å². The van der Waals surface area contributed by atoms with Crippen LogP contribution < -0.4 is 5.32 Å². The number of aliphatic carboxylic acids is 1. The Labute approximate surface area is 327 Å². The normalized spacial score (nSPS) is 33.2. The molecule has 9 nitrogen and oxygen atoms in total. The van der Waals surface area contributed by atoms with Crippen molar-refractivity contribution in [3.8, 4) is 0 Å². The maximum Gasteiger partial charge on any atom is 0.309 e. The molecule has 0 amide bonds. The lowest BCUT2D eigenvalue weighted by atomic mass is 9.38. The summed E-state index contributed by atoms with van der Waals surface area (Å²) in [5.74, 6) is 0.184. The summed E-state index contributed by atoms with van der Waals surface area (Å²) < 4.78 is 11.7. The van der Waals surface area contributed by atoms with Gasteiger partial charge < -0.3 is 25.0 Å². The standard InChI is InChI=1S/C45H76N2O7/c1-10-11-13-36(54-37(50)28-41(4,5)40(51)52)42(6,7)31-16-17-43(8)32(26-31)14-15-33-39-38(30(2)3)34(48)27-45(39,19-18-44(33,43)9)35(49)29-46-20-12-21-47-22-24-53-25-23-47/h30-33,35-36,46,49H,10-29H2,1-9H3,(H,51,52)/t31-,32-,33-,35-,36+,43-,44-,45+/m1/s1. The van der Waals surface area contributed by atoms with E-state index in [1.807, 2.05) is 0 Å². The summed E-state index contributed by atoms with van der Waals surface area (Å²) in [6, 6.07) is 0. The zero-order valence-corrected chi connectivity index (χ0v) is 35.5. The number of ether oxygens (including phenoxy) is 2. The number of aliphatic hydroxyl groups is 1. The number of carboxylic acids is 1. The molecule has 5 aliphatic rings. The highest BCUT2D eigenvalue weighted by Gasteiger charge is 2.66. The first-order valence-corrected chi connectivity index (χ1v) is 21.7. The van der Waals surface area contributed by atoms with Crippen molar-refractivity contribution in [3.63, 3.8) is 0 Å². The number of carbonyl (C=O) groups excluding carboxylic acids is 2. The molecule has 9 heteroatoms. The van der Waals surface area contributed by atoms with Crippen LogP contribution in [-0.4, -0.2) is 91.0 Å². The fourth-order valence-corrected chi connectivity index (χ4v) is 12.1. The number of unbranched alkanes of at least 4 members (excludes halogenated alkanes) is 1. The molecule has 0 unspecified atom stereocenters. The summed E-state index contributed by atoms with van der Waals surface area (Å²) in [7, 11) is 0. The number of carboxylic acid groups (broad SMARTS) is 1. The Hall–Kier alpha value is -1.81. The van der Waals surface area contributed by atoms with Crippen molar-refractivity contribution in [1.82, 2.24) is 10.2 Å². The van der Waals surface area contributed by atoms with Gasteiger partial charge >= 0.3 is 11.9 Å². The van der Waals surface area contributed by atoms with Crippen LogP contribution in [0, 0.1) is 50.7 Å². The summed E-state index contributed by atoms with van der Waals surface area (Å²) >= 11 is 0. The van der Waals surface area contributed by atoms with Crippen LogP contribution in [0.5, 0.6) is 0 Å². The van der Waals surface area contributed by atoms with Crippen LogP contribution in [0.4, 0.5) is 0 Å². The van der Waals surface area contributed by atoms with Crippen molar-refractivity contribution in [1.29, 1.82) is 0 Å². The van der Waals surface area contributed by atoms with Gasteiger partial charge in [-0.1, -0.05) is 66.9 Å². The molecule has 5 rings (SSSR count). The minimum Gasteiger partial charge on any atom is -0.481 e. The quantitative estimate of drug-likeness (QED) is 0.101. The van der Waals surface area contributed by atoms with Gasteiger partial charge in [0.25, 0.3) is 0 Å². The third kappa shape index (κ3) is 8.27. The van der Waals surface area contributed by atoms with E-state index in [1.165, 1.54) is 5.57 Å². The molecule has 308 valence electrons. The number of nitrogens with zero attached hydrogens (tertiary/aromatic N) is 1. The SMILES string of the molecule is CCCC[C@H](OC(=O)CC(C)(C)C(=O)O)C(C)(C)[C@@H]1CC[C@]2(C)[C@H](CC[C@@H]3C4=C(C(C)C)C(=O)C[C@]4([C@H](O)CNCCCN4CCOCC4)CC[C@]32C)C1. The van der Waals surface area contributed by atoms with Gasteiger partial charge in [-0.15, -0.1) is 0 Å². The first-order valence-electron chi connectivity index (χ1n) is 21.7. The van der Waals surface area contributed by atoms with Crippen molar-refractivity contribution >= 4 is 17.7 Å². The number of allylic oxidation sites excluding steroid dienone is 1. The van der Waals surface area contributed by atoms with Crippen LogP contribution in [0.3, 0.4) is 0 Å². The highest BCUT2D eigenvalue weighted by Crippen LogP contribution is 2.73. The third-order valence-electron chi connectivity index (χ3n) is 16.0. The molecule has 4 aliphatic carbocycles. The van der Waals surface area contributed by atoms with E-state index in [-0.39, 0.29) is 46.4 Å². The number of morpholine rings is 1. The minimum absolute atomic E-state index is 0.0242. The molecule has 0 aromatic rings. The number of hydrogen-bond acceptors (Lipinski definition) is 8. The average molecular weight is 757 g/mol. The summed E-state index contributed by atoms with van der Waals surface area (Å²) in [4.78, 5) is 41.4. The van der Waals surface area contributed by atoms with Crippen LogP contribution in [0.1, 0.15) is 146 Å². The first-order chi connectivity index (χ1) is 25.3. The van der Waals surface area contributed by atoms with Gasteiger partial charge in [-0.2, -0.15) is 0 Å². The maximum atomic E-state index is 14.0. The van der Waals surface area contributed by atoms with Gasteiger partial charge in [0.05, 0.1) is 31.2 Å². The van der Waals surface area contributed by atoms with E-state index in [9.17, 15) is 24.6 Å². The molecular formula is C45H76N2O7. The Kier molecular flexibility index (Phi) is 13.6. The smallest absolute Gasteiger partial charge is 0.309 e. The average Bonchev–Trinajstić information content (AvgIpc) is 3.43. The topological polar surface area (TPSA) is 125 Å². The number of ketones is 1. The number of aliphatic hydroxyl groups excluding tert-OH is 1. The molecule has 3 N–H and O–H groups in total. The highest BCUT2D eigenvalue weighted by molar-refractivity contribution is 6.00. The molecule has 8 atom stereocenters. The van der Waals surface area contributed by atoms with Gasteiger partial charge in [0.2, 0.25) is 0 Å². The van der Waals surface area contributed by atoms with Crippen LogP contribution in [0.15, 0.2) is 11.1 Å². The number of rotatable bonds is 17. The van der Waals surface area contributed by atoms with Crippen LogP contribution in [-0.2, 0) is 23.9 Å². The molecule has 3 saturated carbocycles. The number of esters is 1. The number of carbonyl (C=O) groups is 3. The second kappa shape index (κ2) is 17.0. The van der Waals surface area contributed by atoms with Crippen LogP contribution >= 0.6 is 0 Å². The van der Waals surface area contributed by atoms with E-state index in [1.54, 1.807) is 13.8 Å². The molecule has 4 fully saturated rings. The van der Waals surface area contributed by atoms with Crippen molar-refractivity contribution in [2.45, 2.75) is 158 Å². The number of hydrogen-bond donors (Lipinski definition) is 3. The molecule has 1 saturated heterocycles. The molecule has 1 aliphatic heterocycles. The maximum absolute atomic E-state index is 14.0. The Morgan fingerprint density at radius 2 is 1.72 bits per heavy atom.